The molecule has 150 valence electrons. The molecule has 0 aliphatic carbocycles. The molecule has 1 fully saturated rings. The number of carbonyl (C=O) groups is 3. The van der Waals surface area contributed by atoms with Crippen LogP contribution in [0.2, 0.25) is 0 Å². The molecule has 9 nitrogen and oxygen atoms in total. The monoisotopic (exact) mass is 398 g/mol. The van der Waals surface area contributed by atoms with Crippen molar-refractivity contribution in [3.8, 4) is 0 Å². The van der Waals surface area contributed by atoms with Crippen LogP contribution >= 0.6 is 11.3 Å². The highest BCUT2D eigenvalue weighted by Crippen LogP contribution is 2.26. The predicted octanol–water partition coefficient (Wildman–Crippen LogP) is 1.05. The fourth-order valence-electron chi connectivity index (χ4n) is 3.21. The van der Waals surface area contributed by atoms with E-state index in [9.17, 15) is 19.5 Å². The van der Waals surface area contributed by atoms with E-state index in [4.69, 9.17) is 5.21 Å². The van der Waals surface area contributed by atoms with Crippen LogP contribution in [0.5, 0.6) is 0 Å². The molecule has 4 N–H and O–H groups in total. The Morgan fingerprint density at radius 2 is 2.19 bits per heavy atom. The summed E-state index contributed by atoms with van der Waals surface area (Å²) in [5.41, 5.74) is 2.19. The number of aliphatic hydroxyl groups excluding tert-OH is 1. The summed E-state index contributed by atoms with van der Waals surface area (Å²) in [4.78, 5) is 42.9. The van der Waals surface area contributed by atoms with Crippen LogP contribution in [0.15, 0.2) is 5.38 Å². The van der Waals surface area contributed by atoms with Crippen molar-refractivity contribution in [3.63, 3.8) is 0 Å². The second kappa shape index (κ2) is 9.77. The molecule has 1 aromatic rings. The Bertz CT molecular complexity index is 680. The zero-order chi connectivity index (χ0) is 20.0. The molecule has 1 aromatic heterocycles. The molecule has 3 atom stereocenters. The Morgan fingerprint density at radius 1 is 1.44 bits per heavy atom. The van der Waals surface area contributed by atoms with E-state index < -0.39 is 29.9 Å². The zero-order valence-electron chi connectivity index (χ0n) is 15.5. The van der Waals surface area contributed by atoms with Gasteiger partial charge in [-0.2, -0.15) is 0 Å². The Morgan fingerprint density at radius 3 is 2.78 bits per heavy atom. The van der Waals surface area contributed by atoms with Crippen LogP contribution in [-0.4, -0.2) is 56.6 Å². The third-order valence-corrected chi connectivity index (χ3v) is 5.51. The number of unbranched alkanes of at least 4 members (excludes halogenated alkanes) is 1. The van der Waals surface area contributed by atoms with Crippen molar-refractivity contribution in [2.75, 3.05) is 11.9 Å². The first-order chi connectivity index (χ1) is 12.9. The Hall–Kier alpha value is -2.04. The van der Waals surface area contributed by atoms with Crippen molar-refractivity contribution >= 4 is 34.2 Å². The predicted molar refractivity (Wildman–Crippen MR) is 99.2 cm³/mol. The van der Waals surface area contributed by atoms with Crippen molar-refractivity contribution in [2.45, 2.75) is 58.1 Å². The smallest absolute Gasteiger partial charge is 0.272 e. The van der Waals surface area contributed by atoms with Gasteiger partial charge in [-0.1, -0.05) is 19.8 Å². The minimum absolute atomic E-state index is 0.292. The van der Waals surface area contributed by atoms with E-state index in [1.807, 2.05) is 19.2 Å². The minimum atomic E-state index is -1.67. The summed E-state index contributed by atoms with van der Waals surface area (Å²) in [6.45, 7) is 4.13. The zero-order valence-corrected chi connectivity index (χ0v) is 16.3. The van der Waals surface area contributed by atoms with Crippen LogP contribution in [0.4, 0.5) is 5.13 Å². The second-order valence-corrected chi connectivity index (χ2v) is 7.50. The number of aliphatic hydroxyl groups is 1. The number of amides is 3. The van der Waals surface area contributed by atoms with Gasteiger partial charge in [0, 0.05) is 11.9 Å². The van der Waals surface area contributed by atoms with Gasteiger partial charge in [0.05, 0.1) is 11.6 Å². The highest BCUT2D eigenvalue weighted by atomic mass is 32.1. The Balaban J connectivity index is 2.12. The average Bonchev–Trinajstić information content (AvgIpc) is 3.29. The highest BCUT2D eigenvalue weighted by molar-refractivity contribution is 7.13. The molecule has 2 unspecified atom stereocenters. The summed E-state index contributed by atoms with van der Waals surface area (Å²) in [7, 11) is 0. The van der Waals surface area contributed by atoms with Crippen LogP contribution in [0, 0.1) is 12.8 Å². The maximum absolute atomic E-state index is 13.0. The van der Waals surface area contributed by atoms with E-state index in [0.29, 0.717) is 37.4 Å². The van der Waals surface area contributed by atoms with Gasteiger partial charge in [-0.3, -0.25) is 19.6 Å². The molecule has 27 heavy (non-hydrogen) atoms. The van der Waals surface area contributed by atoms with Gasteiger partial charge in [0.1, 0.15) is 12.1 Å². The lowest BCUT2D eigenvalue weighted by atomic mass is 9.93. The second-order valence-electron chi connectivity index (χ2n) is 6.64. The quantitative estimate of drug-likeness (QED) is 0.382. The fourth-order valence-corrected chi connectivity index (χ4v) is 3.90. The van der Waals surface area contributed by atoms with E-state index in [2.05, 4.69) is 10.3 Å². The topological polar surface area (TPSA) is 132 Å². The van der Waals surface area contributed by atoms with Gasteiger partial charge in [-0.05, 0) is 26.2 Å². The van der Waals surface area contributed by atoms with Crippen LogP contribution in [0.1, 0.15) is 44.7 Å². The molecule has 1 saturated heterocycles. The van der Waals surface area contributed by atoms with E-state index in [0.717, 1.165) is 12.1 Å². The number of nitrogens with zero attached hydrogens (tertiary/aromatic N) is 2. The van der Waals surface area contributed by atoms with E-state index in [1.54, 1.807) is 0 Å². The van der Waals surface area contributed by atoms with E-state index in [1.165, 1.54) is 21.7 Å². The summed E-state index contributed by atoms with van der Waals surface area (Å²) >= 11 is 1.31. The summed E-state index contributed by atoms with van der Waals surface area (Å²) in [6.07, 6.45) is 1.20. The van der Waals surface area contributed by atoms with Crippen molar-refractivity contribution in [1.82, 2.24) is 15.4 Å². The van der Waals surface area contributed by atoms with Crippen LogP contribution < -0.4 is 10.8 Å². The molecular weight excluding hydrogens is 372 g/mol. The number of aromatic nitrogens is 1. The number of likely N-dealkylation sites (tertiary alicyclic amines) is 1. The maximum atomic E-state index is 13.0. The average molecular weight is 398 g/mol. The molecule has 1 aliphatic rings. The van der Waals surface area contributed by atoms with Gasteiger partial charge in [-0.25, -0.2) is 10.5 Å². The van der Waals surface area contributed by atoms with Crippen LogP contribution in [-0.2, 0) is 14.4 Å². The van der Waals surface area contributed by atoms with Gasteiger partial charge in [0.2, 0.25) is 11.8 Å². The summed E-state index contributed by atoms with van der Waals surface area (Å²) in [5, 5.41) is 24.0. The van der Waals surface area contributed by atoms with Crippen LogP contribution in [0.25, 0.3) is 0 Å². The lowest BCUT2D eigenvalue weighted by Gasteiger charge is -2.29. The van der Waals surface area contributed by atoms with Crippen molar-refractivity contribution < 1.29 is 24.7 Å². The first-order valence-corrected chi connectivity index (χ1v) is 9.92. The minimum Gasteiger partial charge on any atom is -0.382 e. The third kappa shape index (κ3) is 5.24. The van der Waals surface area contributed by atoms with E-state index >= 15 is 0 Å². The number of aryl methyl sites for hydroxylation is 1. The number of hydrogen-bond donors (Lipinski definition) is 4. The number of carbonyl (C=O) groups excluding carboxylic acids is 3. The van der Waals surface area contributed by atoms with E-state index in [-0.39, 0.29) is 5.91 Å². The molecule has 0 spiro atoms. The normalized spacial score (nSPS) is 18.8. The van der Waals surface area contributed by atoms with Gasteiger partial charge >= 0.3 is 0 Å². The van der Waals surface area contributed by atoms with Crippen molar-refractivity contribution in [2.24, 2.45) is 5.92 Å². The summed E-state index contributed by atoms with van der Waals surface area (Å²) in [6, 6.07) is -0.671. The van der Waals surface area contributed by atoms with Gasteiger partial charge < -0.3 is 15.3 Å². The third-order valence-electron chi connectivity index (χ3n) is 4.63. The Kier molecular flexibility index (Phi) is 7.69. The first kappa shape index (κ1) is 21.3. The number of anilines is 1. The molecule has 0 saturated carbocycles. The molecule has 3 amide bonds. The highest BCUT2D eigenvalue weighted by Gasteiger charge is 2.41. The molecule has 1 aliphatic heterocycles. The first-order valence-electron chi connectivity index (χ1n) is 9.04. The van der Waals surface area contributed by atoms with Crippen LogP contribution in [0.3, 0.4) is 0 Å². The standard InChI is InChI=1S/C17H26N4O5S/c1-3-4-6-11(13(22)15(24)20-26)16(25)21-8-5-7-12(21)14(23)19-17-18-10(2)9-27-17/h9,11-13,22,26H,3-8H2,1-2H3,(H,20,24)(H,18,19,23)/t11?,12-,13?/m0/s1. The van der Waals surface area contributed by atoms with Crippen molar-refractivity contribution in [3.05, 3.63) is 11.1 Å². The SMILES string of the molecule is CCCCC(C(=O)N1CCC[C@H]1C(=O)Nc1nc(C)cs1)C(O)C(=O)NO. The number of thiazole rings is 1. The number of rotatable bonds is 8. The lowest BCUT2D eigenvalue weighted by Crippen LogP contribution is -2.50. The summed E-state index contributed by atoms with van der Waals surface area (Å²) < 4.78 is 0. The molecule has 0 aromatic carbocycles. The largest absolute Gasteiger partial charge is 0.382 e. The van der Waals surface area contributed by atoms with Gasteiger partial charge in [0.25, 0.3) is 5.91 Å². The number of hydroxylamine groups is 1. The maximum Gasteiger partial charge on any atom is 0.272 e. The number of hydrogen-bond acceptors (Lipinski definition) is 7. The molecular formula is C17H26N4O5S. The lowest BCUT2D eigenvalue weighted by molar-refractivity contribution is -0.152. The number of nitrogens with one attached hydrogen (secondary N) is 2. The molecule has 0 radical (unpaired) electrons. The molecule has 10 heteroatoms. The fraction of sp³-hybridized carbons (Fsp3) is 0.647. The van der Waals surface area contributed by atoms with Crippen molar-refractivity contribution in [1.29, 1.82) is 0 Å². The van der Waals surface area contributed by atoms with Gasteiger partial charge in [-0.15, -0.1) is 11.3 Å². The molecule has 0 bridgehead atoms. The summed E-state index contributed by atoms with van der Waals surface area (Å²) in [5.74, 6) is -2.81. The van der Waals surface area contributed by atoms with Gasteiger partial charge in [0.15, 0.2) is 5.13 Å². The molecule has 2 heterocycles. The molecule has 2 rings (SSSR count). The Labute approximate surface area is 161 Å².